The zero-order valence-corrected chi connectivity index (χ0v) is 27.3. The number of hydrogen-bond donors (Lipinski definition) is 4. The number of hydrogen-bond acceptors (Lipinski definition) is 10. The van der Waals surface area contributed by atoms with Crippen LogP contribution in [0.3, 0.4) is 0 Å². The Morgan fingerprint density at radius 3 is 2.47 bits per heavy atom. The van der Waals surface area contributed by atoms with Crippen LogP contribution in [0.1, 0.15) is 43.8 Å². The highest BCUT2D eigenvalue weighted by Gasteiger charge is 2.20. The molecule has 0 radical (unpaired) electrons. The number of benzene rings is 2. The van der Waals surface area contributed by atoms with Crippen LogP contribution in [0.15, 0.2) is 48.6 Å². The number of allylic oxidation sites excluding steroid dienone is 2. The lowest BCUT2D eigenvalue weighted by atomic mass is 10.1. The number of aromatic nitrogens is 6. The summed E-state index contributed by atoms with van der Waals surface area (Å²) in [6.45, 7) is 8.84. The van der Waals surface area contributed by atoms with Crippen LogP contribution in [-0.2, 0) is 24.4 Å². The molecule has 3 aromatic heterocycles. The molecule has 0 aliphatic carbocycles. The second-order valence-corrected chi connectivity index (χ2v) is 11.6. The molecule has 0 spiro atoms. The molecule has 0 saturated carbocycles. The van der Waals surface area contributed by atoms with Crippen LogP contribution in [-0.4, -0.2) is 96.1 Å². The number of carboxylic acid groups (broad SMARTS) is 1. The van der Waals surface area contributed by atoms with Crippen molar-refractivity contribution in [3.05, 3.63) is 71.1 Å². The number of carbonyl (C=O) groups excluding carboxylic acids is 2. The Balaban J connectivity index is 1.26. The molecular formula is C33H38N10O6. The van der Waals surface area contributed by atoms with Gasteiger partial charge in [0.2, 0.25) is 17.8 Å². The molecule has 1 aliphatic rings. The van der Waals surface area contributed by atoms with Gasteiger partial charge >= 0.3 is 5.97 Å². The molecule has 0 unspecified atom stereocenters. The summed E-state index contributed by atoms with van der Waals surface area (Å²) in [5, 5.41) is 16.8. The summed E-state index contributed by atoms with van der Waals surface area (Å²) in [5.41, 5.74) is 15.5. The molecule has 2 aromatic carbocycles. The van der Waals surface area contributed by atoms with E-state index in [0.717, 1.165) is 13.1 Å². The van der Waals surface area contributed by atoms with Gasteiger partial charge in [0.25, 0.3) is 5.91 Å². The van der Waals surface area contributed by atoms with Crippen LogP contribution in [0.5, 0.6) is 5.75 Å². The summed E-state index contributed by atoms with van der Waals surface area (Å²) in [6, 6.07) is 9.51. The van der Waals surface area contributed by atoms with E-state index in [1.54, 1.807) is 38.1 Å². The molecule has 6 N–H and O–H groups in total. The number of rotatable bonds is 13. The minimum absolute atomic E-state index is 0.0789. The Morgan fingerprint density at radius 2 is 1.76 bits per heavy atom. The number of nitrogen functional groups attached to an aromatic ring is 1. The van der Waals surface area contributed by atoms with Crippen LogP contribution >= 0.6 is 0 Å². The quantitative estimate of drug-likeness (QED) is 0.134. The maximum Gasteiger partial charge on any atom is 0.335 e. The van der Waals surface area contributed by atoms with Gasteiger partial charge in [0, 0.05) is 44.8 Å². The predicted molar refractivity (Wildman–Crippen MR) is 182 cm³/mol. The maximum absolute atomic E-state index is 13.3. The van der Waals surface area contributed by atoms with Gasteiger partial charge in [-0.25, -0.2) is 14.8 Å². The predicted octanol–water partition coefficient (Wildman–Crippen LogP) is 2.51. The number of fused-ring (bicyclic) bond motifs is 2. The number of aromatic carboxylic acids is 1. The lowest BCUT2D eigenvalue weighted by Gasteiger charge is -2.26. The van der Waals surface area contributed by atoms with Crippen molar-refractivity contribution in [3.63, 3.8) is 0 Å². The monoisotopic (exact) mass is 670 g/mol. The number of nitrogens with two attached hydrogens (primary N) is 2. The van der Waals surface area contributed by atoms with Crippen LogP contribution < -0.4 is 21.5 Å². The Labute approximate surface area is 280 Å². The molecule has 1 saturated heterocycles. The first-order valence-corrected chi connectivity index (χ1v) is 15.9. The highest BCUT2D eigenvalue weighted by Crippen LogP contribution is 2.30. The fraction of sp³-hybridized carbons (Fsp3) is 0.333. The van der Waals surface area contributed by atoms with Crippen LogP contribution in [0.4, 0.5) is 11.9 Å². The fourth-order valence-electron chi connectivity index (χ4n) is 5.83. The number of aryl methyl sites for hydroxylation is 2. The summed E-state index contributed by atoms with van der Waals surface area (Å²) < 4.78 is 16.8. The smallest absolute Gasteiger partial charge is 0.335 e. The first-order valence-electron chi connectivity index (χ1n) is 15.9. The minimum Gasteiger partial charge on any atom is -0.490 e. The molecular weight excluding hydrogens is 632 g/mol. The number of carboxylic acids is 1. The summed E-state index contributed by atoms with van der Waals surface area (Å²) >= 11 is 0. The van der Waals surface area contributed by atoms with Crippen molar-refractivity contribution >= 4 is 51.7 Å². The van der Waals surface area contributed by atoms with Gasteiger partial charge in [-0.3, -0.25) is 24.5 Å². The van der Waals surface area contributed by atoms with Gasteiger partial charge in [-0.1, -0.05) is 12.2 Å². The number of amides is 2. The van der Waals surface area contributed by atoms with Crippen molar-refractivity contribution in [1.29, 1.82) is 0 Å². The maximum atomic E-state index is 13.3. The molecule has 6 rings (SSSR count). The van der Waals surface area contributed by atoms with E-state index < -0.39 is 17.8 Å². The van der Waals surface area contributed by atoms with Gasteiger partial charge in [-0.05, 0) is 50.2 Å². The molecule has 2 amide bonds. The van der Waals surface area contributed by atoms with Crippen LogP contribution in [0.2, 0.25) is 0 Å². The molecule has 49 heavy (non-hydrogen) atoms. The lowest BCUT2D eigenvalue weighted by Crippen LogP contribution is -2.38. The third kappa shape index (κ3) is 7.09. The van der Waals surface area contributed by atoms with Crippen molar-refractivity contribution in [2.45, 2.75) is 33.5 Å². The average Bonchev–Trinajstić information content (AvgIpc) is 3.74. The molecule has 4 heterocycles. The van der Waals surface area contributed by atoms with E-state index in [0.29, 0.717) is 78.7 Å². The Morgan fingerprint density at radius 1 is 1.02 bits per heavy atom. The summed E-state index contributed by atoms with van der Waals surface area (Å²) in [5.74, 6) is -1.16. The van der Waals surface area contributed by atoms with Gasteiger partial charge in [0.15, 0.2) is 0 Å². The van der Waals surface area contributed by atoms with Crippen LogP contribution in [0.25, 0.3) is 22.1 Å². The van der Waals surface area contributed by atoms with E-state index in [-0.39, 0.29) is 29.6 Å². The zero-order chi connectivity index (χ0) is 34.7. The molecule has 0 atom stereocenters. The van der Waals surface area contributed by atoms with Gasteiger partial charge in [-0.15, -0.1) is 0 Å². The molecule has 5 aromatic rings. The topological polar surface area (TPSA) is 211 Å². The Hall–Kier alpha value is -5.74. The number of carbonyl (C=O) groups is 3. The Bertz CT molecular complexity index is 2070. The largest absolute Gasteiger partial charge is 0.490 e. The summed E-state index contributed by atoms with van der Waals surface area (Å²) in [6.07, 6.45) is 3.76. The summed E-state index contributed by atoms with van der Waals surface area (Å²) in [4.78, 5) is 48.3. The molecule has 1 fully saturated rings. The van der Waals surface area contributed by atoms with Gasteiger partial charge in [-0.2, -0.15) is 5.10 Å². The van der Waals surface area contributed by atoms with E-state index in [1.165, 1.54) is 12.1 Å². The van der Waals surface area contributed by atoms with Crippen molar-refractivity contribution in [2.75, 3.05) is 50.5 Å². The second-order valence-electron chi connectivity index (χ2n) is 11.6. The van der Waals surface area contributed by atoms with Crippen LogP contribution in [0, 0.1) is 6.92 Å². The van der Waals surface area contributed by atoms with E-state index in [9.17, 15) is 19.5 Å². The number of imidazole rings is 2. The van der Waals surface area contributed by atoms with E-state index in [2.05, 4.69) is 25.3 Å². The third-order valence-corrected chi connectivity index (χ3v) is 8.29. The van der Waals surface area contributed by atoms with E-state index in [1.807, 2.05) is 26.0 Å². The van der Waals surface area contributed by atoms with E-state index in [4.69, 9.17) is 20.9 Å². The van der Waals surface area contributed by atoms with Crippen molar-refractivity contribution in [2.24, 2.45) is 5.73 Å². The second kappa shape index (κ2) is 14.2. The normalized spacial score (nSPS) is 13.8. The van der Waals surface area contributed by atoms with Crippen molar-refractivity contribution in [1.82, 2.24) is 33.8 Å². The van der Waals surface area contributed by atoms with Crippen molar-refractivity contribution in [3.8, 4) is 5.75 Å². The lowest BCUT2D eigenvalue weighted by molar-refractivity contribution is 0.0323. The molecule has 1 aliphatic heterocycles. The highest BCUT2D eigenvalue weighted by molar-refractivity contribution is 6.03. The zero-order valence-electron chi connectivity index (χ0n) is 27.3. The number of nitrogens with one attached hydrogen (secondary N) is 1. The number of ether oxygens (including phenoxy) is 2. The number of nitrogens with zero attached hydrogens (tertiary/aromatic N) is 7. The SMILES string of the molecule is CCn1nc(C)cc1C(=O)Nc1nc2cc(C(=O)O)ccc2n1CC=CCn1c(N)nc2cc(C(N)=O)cc(OCCN3CCOCC3)c21. The molecule has 16 nitrogen and oxygen atoms in total. The fourth-order valence-corrected chi connectivity index (χ4v) is 5.83. The van der Waals surface area contributed by atoms with Crippen molar-refractivity contribution < 1.29 is 29.0 Å². The van der Waals surface area contributed by atoms with Gasteiger partial charge < -0.3 is 35.2 Å². The molecule has 256 valence electrons. The van der Waals surface area contributed by atoms with E-state index >= 15 is 0 Å². The highest BCUT2D eigenvalue weighted by atomic mass is 16.5. The summed E-state index contributed by atoms with van der Waals surface area (Å²) in [7, 11) is 0. The van der Waals surface area contributed by atoms with Gasteiger partial charge in [0.05, 0.1) is 41.0 Å². The third-order valence-electron chi connectivity index (χ3n) is 8.29. The Kier molecular flexibility index (Phi) is 9.59. The first kappa shape index (κ1) is 33.2. The standard InChI is InChI=1S/C33H38N10O6/c1-3-43-26(16-20(2)39-43)30(45)38-33-37-23-17-21(31(46)47)6-7-25(23)41(33)8-4-5-9-42-28-24(36-32(42)35)18-22(29(34)44)19-27(28)49-15-12-40-10-13-48-14-11-40/h4-7,16-19H,3,8-15H2,1-2H3,(H2,34,44)(H2,35,36)(H,46,47)(H,37,38,45). The average molecular weight is 671 g/mol. The van der Waals surface area contributed by atoms with Gasteiger partial charge in [0.1, 0.15) is 23.6 Å². The number of morpholine rings is 1. The minimum atomic E-state index is -1.08. The number of primary amides is 1. The first-order chi connectivity index (χ1) is 23.6. The molecule has 16 heteroatoms. The number of anilines is 2. The molecule has 0 bridgehead atoms.